The molecule has 0 atom stereocenters. The molecule has 1 amide bonds. The summed E-state index contributed by atoms with van der Waals surface area (Å²) in [6.45, 7) is 1.04. The molecule has 0 unspecified atom stereocenters. The van der Waals surface area contributed by atoms with Crippen LogP contribution in [0.5, 0.6) is 0 Å². The molecule has 1 heterocycles. The van der Waals surface area contributed by atoms with Gasteiger partial charge in [0.05, 0.1) is 23.7 Å². The first-order valence-electron chi connectivity index (χ1n) is 10.3. The van der Waals surface area contributed by atoms with Crippen molar-refractivity contribution in [3.8, 4) is 0 Å². The van der Waals surface area contributed by atoms with E-state index in [0.717, 1.165) is 32.0 Å². The fraction of sp³-hybridized carbons (Fsp3) is 0.154. The van der Waals surface area contributed by atoms with Crippen molar-refractivity contribution in [3.05, 3.63) is 105 Å². The van der Waals surface area contributed by atoms with Gasteiger partial charge < -0.3 is 4.90 Å². The van der Waals surface area contributed by atoms with E-state index >= 15 is 0 Å². The Morgan fingerprint density at radius 2 is 1.62 bits per heavy atom. The predicted molar refractivity (Wildman–Crippen MR) is 139 cm³/mol. The zero-order valence-corrected chi connectivity index (χ0v) is 20.4. The molecule has 0 aliphatic carbocycles. The number of carbonyl (C=O) groups excluding carboxylic acids is 1. The zero-order chi connectivity index (χ0) is 22.5. The van der Waals surface area contributed by atoms with Crippen LogP contribution >= 0.6 is 27.7 Å². The highest BCUT2D eigenvalue weighted by molar-refractivity contribution is 9.10. The maximum Gasteiger partial charge on any atom is 0.267 e. The van der Waals surface area contributed by atoms with Crippen LogP contribution in [-0.2, 0) is 17.9 Å². The number of rotatable bonds is 6. The molecule has 32 heavy (non-hydrogen) atoms. The van der Waals surface area contributed by atoms with E-state index in [1.165, 1.54) is 11.8 Å². The topological polar surface area (TPSA) is 35.9 Å². The molecule has 0 aromatic heterocycles. The molecular formula is C26H24BrN3OS. The minimum atomic E-state index is -0.0153. The number of hydrogen-bond donors (Lipinski definition) is 0. The number of anilines is 1. The van der Waals surface area contributed by atoms with Crippen LogP contribution in [0.4, 0.5) is 5.69 Å². The van der Waals surface area contributed by atoms with Gasteiger partial charge >= 0.3 is 0 Å². The normalized spacial score (nSPS) is 16.2. The van der Waals surface area contributed by atoms with Gasteiger partial charge in [-0.3, -0.25) is 14.7 Å². The highest BCUT2D eigenvalue weighted by Gasteiger charge is 2.33. The lowest BCUT2D eigenvalue weighted by Gasteiger charge is -2.16. The first-order chi connectivity index (χ1) is 15.5. The summed E-state index contributed by atoms with van der Waals surface area (Å²) in [5, 5.41) is 0.734. The van der Waals surface area contributed by atoms with Gasteiger partial charge in [-0.2, -0.15) is 0 Å². The molecule has 1 aliphatic heterocycles. The number of carbonyl (C=O) groups is 1. The second-order valence-electron chi connectivity index (χ2n) is 7.68. The quantitative estimate of drug-likeness (QED) is 0.374. The lowest BCUT2D eigenvalue weighted by Crippen LogP contribution is -2.28. The second-order valence-corrected chi connectivity index (χ2v) is 9.54. The van der Waals surface area contributed by atoms with Crippen LogP contribution in [-0.4, -0.2) is 30.1 Å². The van der Waals surface area contributed by atoms with Gasteiger partial charge in [0.25, 0.3) is 5.91 Å². The minimum Gasteiger partial charge on any atom is -0.377 e. The van der Waals surface area contributed by atoms with Crippen LogP contribution in [0.15, 0.2) is 93.2 Å². The molecule has 1 aliphatic rings. The van der Waals surface area contributed by atoms with Crippen molar-refractivity contribution < 1.29 is 4.79 Å². The van der Waals surface area contributed by atoms with Gasteiger partial charge in [0.15, 0.2) is 5.17 Å². The maximum absolute atomic E-state index is 13.3. The zero-order valence-electron chi connectivity index (χ0n) is 18.0. The maximum atomic E-state index is 13.3. The lowest BCUT2D eigenvalue weighted by atomic mass is 10.1. The number of benzene rings is 3. The summed E-state index contributed by atoms with van der Waals surface area (Å²) in [7, 11) is 4.01. The van der Waals surface area contributed by atoms with E-state index in [2.05, 4.69) is 15.9 Å². The third-order valence-corrected chi connectivity index (χ3v) is 6.74. The molecule has 0 spiro atoms. The average molecular weight is 506 g/mol. The van der Waals surface area contributed by atoms with Crippen molar-refractivity contribution in [1.82, 2.24) is 4.90 Å². The minimum absolute atomic E-state index is 0.0153. The van der Waals surface area contributed by atoms with Gasteiger partial charge in [-0.05, 0) is 62.6 Å². The van der Waals surface area contributed by atoms with Gasteiger partial charge in [-0.15, -0.1) is 0 Å². The summed E-state index contributed by atoms with van der Waals surface area (Å²) >= 11 is 5.07. The first kappa shape index (κ1) is 22.4. The number of hydrogen-bond acceptors (Lipinski definition) is 4. The van der Waals surface area contributed by atoms with Crippen LogP contribution < -0.4 is 4.90 Å². The standard InChI is InChI=1S/C26H24BrN3OS/c1-29(2)23-14-13-21(15-22(23)27)16-24-25(31)30(18-20-11-7-4-8-12-20)26(32-24)28-17-19-9-5-3-6-10-19/h3-16H,17-18H2,1-2H3/b24-16-,28-26?. The van der Waals surface area contributed by atoms with E-state index in [9.17, 15) is 4.79 Å². The number of nitrogens with zero attached hydrogens (tertiary/aromatic N) is 3. The smallest absolute Gasteiger partial charge is 0.267 e. The van der Waals surface area contributed by atoms with Crippen molar-refractivity contribution in [2.45, 2.75) is 13.1 Å². The molecule has 0 saturated carbocycles. The Bertz CT molecular complexity index is 1160. The van der Waals surface area contributed by atoms with Crippen LogP contribution in [0.3, 0.4) is 0 Å². The molecule has 3 aromatic carbocycles. The van der Waals surface area contributed by atoms with Crippen LogP contribution in [0.1, 0.15) is 16.7 Å². The summed E-state index contributed by atoms with van der Waals surface area (Å²) < 4.78 is 0.992. The molecule has 1 fully saturated rings. The SMILES string of the molecule is CN(C)c1ccc(/C=C2\SC(=NCc3ccccc3)N(Cc3ccccc3)C2=O)cc1Br. The Morgan fingerprint density at radius 1 is 0.969 bits per heavy atom. The van der Waals surface area contributed by atoms with E-state index in [-0.39, 0.29) is 5.91 Å². The summed E-state index contributed by atoms with van der Waals surface area (Å²) in [5.74, 6) is -0.0153. The number of thioether (sulfide) groups is 1. The molecule has 1 saturated heterocycles. The van der Waals surface area contributed by atoms with E-state index in [0.29, 0.717) is 18.0 Å². The van der Waals surface area contributed by atoms with Gasteiger partial charge in [0.2, 0.25) is 0 Å². The molecule has 4 nitrogen and oxygen atoms in total. The largest absolute Gasteiger partial charge is 0.377 e. The van der Waals surface area contributed by atoms with E-state index in [1.54, 1.807) is 4.90 Å². The van der Waals surface area contributed by atoms with Crippen LogP contribution in [0, 0.1) is 0 Å². The highest BCUT2D eigenvalue weighted by Crippen LogP contribution is 2.35. The number of halogens is 1. The van der Waals surface area contributed by atoms with Gasteiger partial charge in [0.1, 0.15) is 0 Å². The molecule has 3 aromatic rings. The molecule has 4 rings (SSSR count). The fourth-order valence-corrected chi connectivity index (χ4v) is 5.13. The summed E-state index contributed by atoms with van der Waals surface area (Å²) in [5.41, 5.74) is 4.26. The van der Waals surface area contributed by atoms with E-state index < -0.39 is 0 Å². The Labute approximate surface area is 201 Å². The first-order valence-corrected chi connectivity index (χ1v) is 11.9. The second kappa shape index (κ2) is 10.2. The van der Waals surface area contributed by atoms with E-state index in [1.807, 2.05) is 104 Å². The van der Waals surface area contributed by atoms with Crippen molar-refractivity contribution in [2.24, 2.45) is 4.99 Å². The average Bonchev–Trinajstić information content (AvgIpc) is 3.08. The molecule has 162 valence electrons. The Kier molecular flexibility index (Phi) is 7.12. The van der Waals surface area contributed by atoms with Gasteiger partial charge in [0, 0.05) is 18.6 Å². The van der Waals surface area contributed by atoms with Crippen LogP contribution in [0.2, 0.25) is 0 Å². The Hall–Kier alpha value is -2.83. The van der Waals surface area contributed by atoms with Gasteiger partial charge in [-0.25, -0.2) is 0 Å². The summed E-state index contributed by atoms with van der Waals surface area (Å²) in [6.07, 6.45) is 1.94. The third kappa shape index (κ3) is 5.31. The number of amidine groups is 1. The monoisotopic (exact) mass is 505 g/mol. The van der Waals surface area contributed by atoms with Gasteiger partial charge in [-0.1, -0.05) is 66.7 Å². The van der Waals surface area contributed by atoms with Crippen molar-refractivity contribution in [3.63, 3.8) is 0 Å². The highest BCUT2D eigenvalue weighted by atomic mass is 79.9. The molecule has 0 N–H and O–H groups in total. The number of amides is 1. The Morgan fingerprint density at radius 3 is 2.25 bits per heavy atom. The molecule has 0 bridgehead atoms. The summed E-state index contributed by atoms with van der Waals surface area (Å²) in [6, 6.07) is 26.2. The molecule has 6 heteroatoms. The van der Waals surface area contributed by atoms with Crippen molar-refractivity contribution in [1.29, 1.82) is 0 Å². The predicted octanol–water partition coefficient (Wildman–Crippen LogP) is 6.19. The number of aliphatic imine (C=N–C) groups is 1. The van der Waals surface area contributed by atoms with Crippen LogP contribution in [0.25, 0.3) is 6.08 Å². The fourth-order valence-electron chi connectivity index (χ4n) is 3.40. The lowest BCUT2D eigenvalue weighted by molar-refractivity contribution is -0.122. The summed E-state index contributed by atoms with van der Waals surface area (Å²) in [4.78, 5) is 22.6. The Balaban J connectivity index is 1.63. The molecule has 0 radical (unpaired) electrons. The third-order valence-electron chi connectivity index (χ3n) is 5.06. The van der Waals surface area contributed by atoms with Crippen molar-refractivity contribution in [2.75, 3.05) is 19.0 Å². The molecular weight excluding hydrogens is 482 g/mol. The van der Waals surface area contributed by atoms with E-state index in [4.69, 9.17) is 4.99 Å². The van der Waals surface area contributed by atoms with Crippen molar-refractivity contribution >= 4 is 50.5 Å².